The molecule has 3 rings (SSSR count). The molecule has 0 radical (unpaired) electrons. The number of nitrogens with two attached hydrogens (primary N) is 1. The lowest BCUT2D eigenvalue weighted by molar-refractivity contribution is -0.189. The lowest BCUT2D eigenvalue weighted by Gasteiger charge is -2.27. The van der Waals surface area contributed by atoms with E-state index in [1.54, 1.807) is 9.58 Å². The highest BCUT2D eigenvalue weighted by molar-refractivity contribution is 6.31. The molecule has 1 atom stereocenters. The normalized spacial score (nSPS) is 14.0. The predicted octanol–water partition coefficient (Wildman–Crippen LogP) is 1.45. The third-order valence-corrected chi connectivity index (χ3v) is 5.23. The standard InChI is InChI=1S/C19H22ClFN6O4/c1-11-13-8-26(19(30)23-12-3-4-15(21)14(20)7-12)6-5-16(13)24-27(11)9-17(18(22)29)31-25(2)10-28/h3-4,7,10,17H,5-6,8-9H2,1-2H3,(H2,22,29)(H,23,30). The van der Waals surface area contributed by atoms with E-state index in [0.717, 1.165) is 22.0 Å². The van der Waals surface area contributed by atoms with Crippen LogP contribution in [0.5, 0.6) is 0 Å². The Morgan fingerprint density at radius 3 is 2.87 bits per heavy atom. The molecular weight excluding hydrogens is 431 g/mol. The van der Waals surface area contributed by atoms with Gasteiger partial charge >= 0.3 is 6.03 Å². The number of hydrogen-bond acceptors (Lipinski definition) is 5. The van der Waals surface area contributed by atoms with Crippen molar-refractivity contribution in [3.05, 3.63) is 46.0 Å². The number of benzene rings is 1. The van der Waals surface area contributed by atoms with Crippen LogP contribution in [0.1, 0.15) is 17.0 Å². The summed E-state index contributed by atoms with van der Waals surface area (Å²) in [5.41, 5.74) is 8.16. The molecule has 2 aromatic rings. The van der Waals surface area contributed by atoms with E-state index in [2.05, 4.69) is 10.4 Å². The maximum absolute atomic E-state index is 13.3. The first-order valence-electron chi connectivity index (χ1n) is 9.40. The van der Waals surface area contributed by atoms with Gasteiger partial charge in [-0.1, -0.05) is 11.6 Å². The summed E-state index contributed by atoms with van der Waals surface area (Å²) in [6.45, 7) is 2.56. The average molecular weight is 453 g/mol. The molecule has 0 aliphatic carbocycles. The second kappa shape index (κ2) is 9.31. The van der Waals surface area contributed by atoms with Crippen LogP contribution in [0.15, 0.2) is 18.2 Å². The van der Waals surface area contributed by atoms with E-state index in [9.17, 15) is 18.8 Å². The highest BCUT2D eigenvalue weighted by Crippen LogP contribution is 2.24. The highest BCUT2D eigenvalue weighted by atomic mass is 35.5. The first kappa shape index (κ1) is 22.5. The van der Waals surface area contributed by atoms with Gasteiger partial charge in [-0.25, -0.2) is 14.2 Å². The van der Waals surface area contributed by atoms with Crippen LogP contribution >= 0.6 is 11.6 Å². The van der Waals surface area contributed by atoms with E-state index < -0.39 is 17.8 Å². The fraction of sp³-hybridized carbons (Fsp3) is 0.368. The van der Waals surface area contributed by atoms with E-state index in [1.807, 2.05) is 6.92 Å². The molecule has 10 nitrogen and oxygen atoms in total. The minimum absolute atomic E-state index is 0.0205. The van der Waals surface area contributed by atoms with E-state index in [1.165, 1.54) is 25.2 Å². The van der Waals surface area contributed by atoms with Gasteiger partial charge < -0.3 is 16.0 Å². The van der Waals surface area contributed by atoms with E-state index in [-0.39, 0.29) is 17.6 Å². The number of nitrogens with zero attached hydrogens (tertiary/aromatic N) is 4. The molecule has 4 amide bonds. The number of carbonyl (C=O) groups is 3. The lowest BCUT2D eigenvalue weighted by Crippen LogP contribution is -2.39. The number of fused-ring (bicyclic) bond motifs is 1. The molecule has 3 N–H and O–H groups in total. The molecule has 1 aromatic heterocycles. The molecule has 31 heavy (non-hydrogen) atoms. The summed E-state index contributed by atoms with van der Waals surface area (Å²) in [6.07, 6.45) is -0.156. The van der Waals surface area contributed by atoms with Crippen LogP contribution in [-0.4, -0.2) is 57.8 Å². The molecule has 1 aliphatic heterocycles. The quantitative estimate of drug-likeness (QED) is 0.486. The number of amides is 4. The third kappa shape index (κ3) is 5.12. The third-order valence-electron chi connectivity index (χ3n) is 4.94. The van der Waals surface area contributed by atoms with Crippen molar-refractivity contribution in [2.24, 2.45) is 5.73 Å². The second-order valence-electron chi connectivity index (χ2n) is 7.07. The van der Waals surface area contributed by atoms with E-state index in [0.29, 0.717) is 31.6 Å². The van der Waals surface area contributed by atoms with Crippen LogP contribution in [0.3, 0.4) is 0 Å². The number of hydrogen-bond donors (Lipinski definition) is 2. The minimum Gasteiger partial charge on any atom is -0.367 e. The average Bonchev–Trinajstić information content (AvgIpc) is 3.04. The minimum atomic E-state index is -1.09. The van der Waals surface area contributed by atoms with Crippen LogP contribution in [0.2, 0.25) is 5.02 Å². The van der Waals surface area contributed by atoms with Gasteiger partial charge in [0.05, 0.1) is 23.8 Å². The number of aromatic nitrogens is 2. The van der Waals surface area contributed by atoms with Crippen LogP contribution in [-0.2, 0) is 33.9 Å². The first-order chi connectivity index (χ1) is 14.7. The number of nitrogens with one attached hydrogen (secondary N) is 1. The van der Waals surface area contributed by atoms with E-state index in [4.69, 9.17) is 22.2 Å². The molecule has 1 aromatic carbocycles. The molecule has 0 bridgehead atoms. The molecule has 12 heteroatoms. The first-order valence-corrected chi connectivity index (χ1v) is 9.77. The zero-order valence-corrected chi connectivity index (χ0v) is 17.7. The summed E-state index contributed by atoms with van der Waals surface area (Å²) < 4.78 is 14.9. The van der Waals surface area contributed by atoms with Gasteiger partial charge in [0, 0.05) is 37.0 Å². The summed E-state index contributed by atoms with van der Waals surface area (Å²) in [4.78, 5) is 41.9. The number of halogens is 2. The number of urea groups is 1. The van der Waals surface area contributed by atoms with Crippen LogP contribution in [0.4, 0.5) is 14.9 Å². The Bertz CT molecular complexity index is 1010. The van der Waals surface area contributed by atoms with Gasteiger partial charge in [-0.05, 0) is 25.1 Å². The molecule has 0 fully saturated rings. The second-order valence-corrected chi connectivity index (χ2v) is 7.48. The van der Waals surface area contributed by atoms with Crippen molar-refractivity contribution >= 4 is 35.6 Å². The summed E-state index contributed by atoms with van der Waals surface area (Å²) in [7, 11) is 1.36. The SMILES string of the molecule is Cc1c2c(nn1CC(ON(C)C=O)C(N)=O)CCN(C(=O)Nc1ccc(F)c(Cl)c1)C2. The van der Waals surface area contributed by atoms with Crippen molar-refractivity contribution in [1.82, 2.24) is 19.7 Å². The highest BCUT2D eigenvalue weighted by Gasteiger charge is 2.28. The summed E-state index contributed by atoms with van der Waals surface area (Å²) in [5.74, 6) is -1.30. The van der Waals surface area contributed by atoms with Crippen molar-refractivity contribution in [2.75, 3.05) is 18.9 Å². The van der Waals surface area contributed by atoms with Crippen LogP contribution in [0.25, 0.3) is 0 Å². The molecule has 0 spiro atoms. The number of hydroxylamine groups is 2. The number of primary amides is 1. The van der Waals surface area contributed by atoms with Gasteiger partial charge in [0.15, 0.2) is 6.10 Å². The zero-order valence-electron chi connectivity index (χ0n) is 17.0. The molecule has 1 unspecified atom stereocenters. The fourth-order valence-corrected chi connectivity index (χ4v) is 3.43. The van der Waals surface area contributed by atoms with Gasteiger partial charge in [-0.2, -0.15) is 5.10 Å². The van der Waals surface area contributed by atoms with Crippen LogP contribution < -0.4 is 11.1 Å². The van der Waals surface area contributed by atoms with Crippen molar-refractivity contribution in [3.63, 3.8) is 0 Å². The van der Waals surface area contributed by atoms with E-state index >= 15 is 0 Å². The topological polar surface area (TPSA) is 123 Å². The molecule has 0 saturated heterocycles. The fourth-order valence-electron chi connectivity index (χ4n) is 3.25. The zero-order chi connectivity index (χ0) is 22.7. The van der Waals surface area contributed by atoms with Crippen molar-refractivity contribution < 1.29 is 23.6 Å². The number of rotatable bonds is 7. The Kier molecular flexibility index (Phi) is 6.76. The van der Waals surface area contributed by atoms with Crippen molar-refractivity contribution in [3.8, 4) is 0 Å². The van der Waals surface area contributed by atoms with Crippen molar-refractivity contribution in [1.29, 1.82) is 0 Å². The number of carbonyl (C=O) groups excluding carboxylic acids is 3. The molecule has 1 aliphatic rings. The van der Waals surface area contributed by atoms with Gasteiger partial charge in [0.2, 0.25) is 6.41 Å². The maximum Gasteiger partial charge on any atom is 0.322 e. The maximum atomic E-state index is 13.3. The summed E-state index contributed by atoms with van der Waals surface area (Å²) in [6, 6.07) is 3.59. The van der Waals surface area contributed by atoms with Crippen LogP contribution in [0, 0.1) is 12.7 Å². The smallest absolute Gasteiger partial charge is 0.322 e. The van der Waals surface area contributed by atoms with Crippen molar-refractivity contribution in [2.45, 2.75) is 32.5 Å². The van der Waals surface area contributed by atoms with Gasteiger partial charge in [0.1, 0.15) is 5.82 Å². The Morgan fingerprint density at radius 1 is 1.48 bits per heavy atom. The summed E-state index contributed by atoms with van der Waals surface area (Å²) >= 11 is 5.76. The van der Waals surface area contributed by atoms with Gasteiger partial charge in [-0.15, -0.1) is 0 Å². The lowest BCUT2D eigenvalue weighted by atomic mass is 10.1. The Morgan fingerprint density at radius 2 is 2.23 bits per heavy atom. The Labute approximate surface area is 182 Å². The Hall–Kier alpha value is -3.18. The molecular formula is C19H22ClFN6O4. The summed E-state index contributed by atoms with van der Waals surface area (Å²) in [5, 5.41) is 7.99. The number of anilines is 1. The largest absolute Gasteiger partial charge is 0.367 e. The van der Waals surface area contributed by atoms with Gasteiger partial charge in [-0.3, -0.25) is 19.1 Å². The predicted molar refractivity (Wildman–Crippen MR) is 109 cm³/mol. The monoisotopic (exact) mass is 452 g/mol. The molecule has 166 valence electrons. The Balaban J connectivity index is 1.71. The molecule has 2 heterocycles. The van der Waals surface area contributed by atoms with Gasteiger partial charge in [0.25, 0.3) is 5.91 Å². The molecule has 0 saturated carbocycles.